The fourth-order valence-corrected chi connectivity index (χ4v) is 3.30. The zero-order valence-electron chi connectivity index (χ0n) is 14.3. The zero-order chi connectivity index (χ0) is 18.7. The first-order chi connectivity index (χ1) is 12.4. The molecule has 136 valence electrons. The van der Waals surface area contributed by atoms with Crippen LogP contribution in [-0.2, 0) is 0 Å². The van der Waals surface area contributed by atoms with Crippen molar-refractivity contribution in [2.24, 2.45) is 0 Å². The number of rotatable bonds is 6. The zero-order valence-corrected chi connectivity index (χ0v) is 15.1. The van der Waals surface area contributed by atoms with Crippen molar-refractivity contribution in [2.75, 3.05) is 5.84 Å². The van der Waals surface area contributed by atoms with Crippen molar-refractivity contribution in [1.82, 2.24) is 14.9 Å². The molecule has 0 fully saturated rings. The lowest BCUT2D eigenvalue weighted by atomic mass is 10.1. The Bertz CT molecular complexity index is 866. The van der Waals surface area contributed by atoms with Crippen LogP contribution in [0.5, 0.6) is 5.75 Å². The average molecular weight is 376 g/mol. The molecule has 1 aromatic heterocycles. The number of benzene rings is 2. The van der Waals surface area contributed by atoms with Crippen LogP contribution in [0.25, 0.3) is 11.4 Å². The lowest BCUT2D eigenvalue weighted by molar-refractivity contribution is -0.0498. The van der Waals surface area contributed by atoms with Gasteiger partial charge in [-0.15, -0.1) is 10.2 Å². The second kappa shape index (κ2) is 7.74. The Hall–Kier alpha value is -2.61. The van der Waals surface area contributed by atoms with Gasteiger partial charge in [0, 0.05) is 10.8 Å². The maximum Gasteiger partial charge on any atom is 0.387 e. The molecule has 0 radical (unpaired) electrons. The third kappa shape index (κ3) is 4.13. The Kier molecular flexibility index (Phi) is 5.41. The maximum atomic E-state index is 12.2. The van der Waals surface area contributed by atoms with Gasteiger partial charge in [0.2, 0.25) is 5.16 Å². The molecule has 0 spiro atoms. The molecule has 0 bridgehead atoms. The van der Waals surface area contributed by atoms with E-state index in [1.165, 1.54) is 28.6 Å². The molecule has 0 saturated heterocycles. The summed E-state index contributed by atoms with van der Waals surface area (Å²) in [6.45, 7) is 1.16. The van der Waals surface area contributed by atoms with Crippen molar-refractivity contribution in [2.45, 2.75) is 30.9 Å². The fraction of sp³-hybridized carbons (Fsp3) is 0.222. The van der Waals surface area contributed by atoms with Gasteiger partial charge in [0.05, 0.1) is 0 Å². The van der Waals surface area contributed by atoms with Crippen LogP contribution in [0.2, 0.25) is 0 Å². The van der Waals surface area contributed by atoms with Gasteiger partial charge in [0.25, 0.3) is 0 Å². The molecule has 3 rings (SSSR count). The summed E-state index contributed by atoms with van der Waals surface area (Å²) in [6, 6.07) is 14.4. The summed E-state index contributed by atoms with van der Waals surface area (Å²) < 4.78 is 30.3. The number of aromatic nitrogens is 3. The molecule has 0 amide bonds. The minimum atomic E-state index is -2.83. The van der Waals surface area contributed by atoms with Gasteiger partial charge in [-0.2, -0.15) is 8.78 Å². The quantitative estimate of drug-likeness (QED) is 0.509. The van der Waals surface area contributed by atoms with E-state index in [1.54, 1.807) is 12.1 Å². The average Bonchev–Trinajstić information content (AvgIpc) is 2.96. The molecular weight excluding hydrogens is 358 g/mol. The Morgan fingerprint density at radius 2 is 1.69 bits per heavy atom. The van der Waals surface area contributed by atoms with Crippen molar-refractivity contribution < 1.29 is 13.5 Å². The lowest BCUT2D eigenvalue weighted by Gasteiger charge is -2.12. The van der Waals surface area contributed by atoms with Gasteiger partial charge in [0.1, 0.15) is 5.75 Å². The first-order valence-electron chi connectivity index (χ1n) is 7.93. The molecule has 0 aliphatic carbocycles. The highest BCUT2D eigenvalue weighted by molar-refractivity contribution is 7.99. The number of thioether (sulfide) groups is 1. The van der Waals surface area contributed by atoms with E-state index in [9.17, 15) is 8.78 Å². The predicted octanol–water partition coefficient (Wildman–Crippen LogP) is 4.42. The van der Waals surface area contributed by atoms with E-state index in [1.807, 2.05) is 38.1 Å². The number of hydrogen-bond donors (Lipinski definition) is 1. The smallest absolute Gasteiger partial charge is 0.387 e. The number of nitrogens with zero attached hydrogens (tertiary/aromatic N) is 3. The SMILES string of the molecule is Cc1ccc(-c2nnc(SC(C)c3ccc(OC(F)F)cc3)n2N)cc1. The summed E-state index contributed by atoms with van der Waals surface area (Å²) in [6.07, 6.45) is 0. The molecule has 0 aliphatic heterocycles. The van der Waals surface area contributed by atoms with Gasteiger partial charge in [0.15, 0.2) is 5.82 Å². The first-order valence-corrected chi connectivity index (χ1v) is 8.81. The summed E-state index contributed by atoms with van der Waals surface area (Å²) >= 11 is 1.44. The topological polar surface area (TPSA) is 66.0 Å². The van der Waals surface area contributed by atoms with Gasteiger partial charge < -0.3 is 10.6 Å². The first kappa shape index (κ1) is 18.2. The highest BCUT2D eigenvalue weighted by Crippen LogP contribution is 2.35. The molecular formula is C18H18F2N4OS. The predicted molar refractivity (Wildman–Crippen MR) is 97.7 cm³/mol. The van der Waals surface area contributed by atoms with Crippen LogP contribution in [0, 0.1) is 6.92 Å². The summed E-state index contributed by atoms with van der Waals surface area (Å²) in [5.41, 5.74) is 2.98. The number of halogens is 2. The lowest BCUT2D eigenvalue weighted by Crippen LogP contribution is -2.12. The van der Waals surface area contributed by atoms with Crippen molar-refractivity contribution in [3.05, 3.63) is 59.7 Å². The maximum absolute atomic E-state index is 12.2. The highest BCUT2D eigenvalue weighted by Gasteiger charge is 2.16. The third-order valence-corrected chi connectivity index (χ3v) is 4.95. The van der Waals surface area contributed by atoms with E-state index in [-0.39, 0.29) is 11.0 Å². The highest BCUT2D eigenvalue weighted by atomic mass is 32.2. The van der Waals surface area contributed by atoms with E-state index >= 15 is 0 Å². The second-order valence-electron chi connectivity index (χ2n) is 5.75. The Labute approximate surface area is 154 Å². The molecule has 3 aromatic rings. The molecule has 1 heterocycles. The number of hydrogen-bond acceptors (Lipinski definition) is 5. The molecule has 0 saturated carbocycles. The number of nitrogens with two attached hydrogens (primary N) is 1. The van der Waals surface area contributed by atoms with Crippen LogP contribution < -0.4 is 10.6 Å². The normalized spacial score (nSPS) is 12.3. The summed E-state index contributed by atoms with van der Waals surface area (Å²) in [4.78, 5) is 0. The van der Waals surface area contributed by atoms with Crippen molar-refractivity contribution in [3.8, 4) is 17.1 Å². The summed E-state index contributed by atoms with van der Waals surface area (Å²) in [5, 5.41) is 8.91. The molecule has 1 unspecified atom stereocenters. The molecule has 26 heavy (non-hydrogen) atoms. The minimum absolute atomic E-state index is 0.00738. The number of aryl methyl sites for hydroxylation is 1. The van der Waals surface area contributed by atoms with E-state index in [2.05, 4.69) is 14.9 Å². The van der Waals surface area contributed by atoms with Gasteiger partial charge in [-0.1, -0.05) is 53.7 Å². The molecule has 0 aliphatic rings. The van der Waals surface area contributed by atoms with Crippen molar-refractivity contribution >= 4 is 11.8 Å². The standard InChI is InChI=1S/C18H18F2N4OS/c1-11-3-5-14(6-4-11)16-22-23-18(24(16)21)26-12(2)13-7-9-15(10-8-13)25-17(19)20/h3-10,12,17H,21H2,1-2H3. The van der Waals surface area contributed by atoms with Crippen molar-refractivity contribution in [1.29, 1.82) is 0 Å². The largest absolute Gasteiger partial charge is 0.435 e. The number of nitrogen functional groups attached to an aromatic ring is 1. The van der Waals surface area contributed by atoms with Gasteiger partial charge in [-0.25, -0.2) is 4.68 Å². The van der Waals surface area contributed by atoms with E-state index in [0.29, 0.717) is 11.0 Å². The Morgan fingerprint density at radius 3 is 2.31 bits per heavy atom. The summed E-state index contributed by atoms with van der Waals surface area (Å²) in [7, 11) is 0. The third-order valence-electron chi connectivity index (χ3n) is 3.83. The molecule has 2 N–H and O–H groups in total. The summed E-state index contributed by atoms with van der Waals surface area (Å²) in [5.74, 6) is 6.86. The van der Waals surface area contributed by atoms with E-state index < -0.39 is 6.61 Å². The molecule has 2 aromatic carbocycles. The van der Waals surface area contributed by atoms with E-state index in [0.717, 1.165) is 16.7 Å². The Morgan fingerprint density at radius 1 is 1.04 bits per heavy atom. The molecule has 1 atom stereocenters. The van der Waals surface area contributed by atoms with Crippen LogP contribution in [0.1, 0.15) is 23.3 Å². The monoisotopic (exact) mass is 376 g/mol. The van der Waals surface area contributed by atoms with Gasteiger partial charge in [-0.05, 0) is 31.5 Å². The molecule has 8 heteroatoms. The Balaban J connectivity index is 1.73. The minimum Gasteiger partial charge on any atom is -0.435 e. The van der Waals surface area contributed by atoms with E-state index in [4.69, 9.17) is 5.84 Å². The number of alkyl halides is 2. The van der Waals surface area contributed by atoms with Crippen LogP contribution in [0.15, 0.2) is 53.7 Å². The van der Waals surface area contributed by atoms with Crippen LogP contribution >= 0.6 is 11.8 Å². The fourth-order valence-electron chi connectivity index (χ4n) is 2.40. The van der Waals surface area contributed by atoms with Crippen LogP contribution in [-0.4, -0.2) is 21.5 Å². The second-order valence-corrected chi connectivity index (χ2v) is 7.06. The number of ether oxygens (including phenoxy) is 1. The van der Waals surface area contributed by atoms with Crippen LogP contribution in [0.3, 0.4) is 0 Å². The van der Waals surface area contributed by atoms with Gasteiger partial charge in [-0.3, -0.25) is 0 Å². The van der Waals surface area contributed by atoms with Crippen molar-refractivity contribution in [3.63, 3.8) is 0 Å². The van der Waals surface area contributed by atoms with Gasteiger partial charge >= 0.3 is 6.61 Å². The molecule has 5 nitrogen and oxygen atoms in total. The van der Waals surface area contributed by atoms with Crippen LogP contribution in [0.4, 0.5) is 8.78 Å².